The molecule has 0 bridgehead atoms. The van der Waals surface area contributed by atoms with E-state index in [0.29, 0.717) is 22.2 Å². The van der Waals surface area contributed by atoms with E-state index >= 15 is 0 Å². The molecule has 7 heteroatoms. The molecular weight excluding hydrogens is 420 g/mol. The van der Waals surface area contributed by atoms with E-state index in [1.54, 1.807) is 31.2 Å². The molecule has 0 aliphatic carbocycles. The van der Waals surface area contributed by atoms with Crippen molar-refractivity contribution in [2.24, 2.45) is 10.2 Å². The molecule has 0 unspecified atom stereocenters. The molecule has 0 atom stereocenters. The van der Waals surface area contributed by atoms with Crippen LogP contribution in [0.5, 0.6) is 5.88 Å². The normalized spacial score (nSPS) is 11.4. The number of halogens is 1. The highest BCUT2D eigenvalue weighted by Gasteiger charge is 2.14. The monoisotopic (exact) mass is 434 g/mol. The molecule has 4 rings (SSSR count). The van der Waals surface area contributed by atoms with Crippen LogP contribution in [0.15, 0.2) is 75.4 Å². The molecule has 0 aliphatic heterocycles. The van der Waals surface area contributed by atoms with Crippen molar-refractivity contribution in [1.82, 2.24) is 9.97 Å². The van der Waals surface area contributed by atoms with E-state index in [0.717, 1.165) is 15.7 Å². The number of aromatic amines is 1. The van der Waals surface area contributed by atoms with Crippen molar-refractivity contribution < 1.29 is 9.90 Å². The van der Waals surface area contributed by atoms with Crippen LogP contribution < -0.4 is 0 Å². The lowest BCUT2D eigenvalue weighted by atomic mass is 10.1. The van der Waals surface area contributed by atoms with Crippen molar-refractivity contribution in [3.05, 3.63) is 76.4 Å². The van der Waals surface area contributed by atoms with Crippen LogP contribution in [0.4, 0.5) is 5.69 Å². The lowest BCUT2D eigenvalue weighted by Crippen LogP contribution is -2.00. The number of aryl methyl sites for hydroxylation is 1. The first-order valence-electron chi connectivity index (χ1n) is 8.52. The van der Waals surface area contributed by atoms with Gasteiger partial charge < -0.3 is 10.1 Å². The Bertz CT molecular complexity index is 1220. The Balaban J connectivity index is 1.64. The van der Waals surface area contributed by atoms with Gasteiger partial charge in [-0.15, -0.1) is 10.2 Å². The van der Waals surface area contributed by atoms with E-state index in [1.165, 1.54) is 0 Å². The second-order valence-electron chi connectivity index (χ2n) is 6.21. The van der Waals surface area contributed by atoms with Gasteiger partial charge >= 0.3 is 0 Å². The van der Waals surface area contributed by atoms with Gasteiger partial charge in [-0.3, -0.25) is 9.78 Å². The van der Waals surface area contributed by atoms with E-state index in [-0.39, 0.29) is 11.6 Å². The second-order valence-corrected chi connectivity index (χ2v) is 7.13. The van der Waals surface area contributed by atoms with Gasteiger partial charge in [0.25, 0.3) is 5.91 Å². The van der Waals surface area contributed by atoms with Crippen molar-refractivity contribution in [2.75, 3.05) is 0 Å². The number of aromatic hydroxyl groups is 1. The van der Waals surface area contributed by atoms with Crippen LogP contribution in [0.1, 0.15) is 16.1 Å². The summed E-state index contributed by atoms with van der Waals surface area (Å²) < 4.78 is 0.832. The third kappa shape index (κ3) is 3.44. The Morgan fingerprint density at radius 1 is 1.11 bits per heavy atom. The molecule has 2 heterocycles. The molecule has 1 amide bonds. The number of carbonyl (C=O) groups excluding carboxylic acids is 1. The van der Waals surface area contributed by atoms with E-state index in [2.05, 4.69) is 36.1 Å². The first-order chi connectivity index (χ1) is 13.5. The van der Waals surface area contributed by atoms with Crippen molar-refractivity contribution in [2.45, 2.75) is 6.92 Å². The molecule has 2 N–H and O–H groups in total. The predicted molar refractivity (Wildman–Crippen MR) is 111 cm³/mol. The molecule has 0 aliphatic rings. The number of aromatic nitrogens is 2. The van der Waals surface area contributed by atoms with Gasteiger partial charge in [0, 0.05) is 15.4 Å². The predicted octanol–water partition coefficient (Wildman–Crippen LogP) is 5.93. The van der Waals surface area contributed by atoms with Gasteiger partial charge in [0.1, 0.15) is 0 Å². The molecule has 2 aromatic heterocycles. The average molecular weight is 435 g/mol. The Morgan fingerprint density at radius 3 is 2.64 bits per heavy atom. The molecule has 28 heavy (non-hydrogen) atoms. The molecule has 0 saturated carbocycles. The Kier molecular flexibility index (Phi) is 4.75. The Morgan fingerprint density at radius 2 is 1.89 bits per heavy atom. The second kappa shape index (κ2) is 7.36. The summed E-state index contributed by atoms with van der Waals surface area (Å²) in [5.74, 6) is -0.660. The standard InChI is InChI=1S/C21H15BrN4O2/c1-12-15(8-10-17(23-12)13-5-3-2-4-6-13)20(27)26-25-19-16-11-14(22)7-9-18(16)24-21(19)28/h2-11,24,28H,1H3. The Hall–Kier alpha value is -3.32. The van der Waals surface area contributed by atoms with Crippen LogP contribution in [0.3, 0.4) is 0 Å². The summed E-state index contributed by atoms with van der Waals surface area (Å²) in [5.41, 5.74) is 3.61. The number of pyridine rings is 1. The largest absolute Gasteiger partial charge is 0.493 e. The summed E-state index contributed by atoms with van der Waals surface area (Å²) >= 11 is 3.39. The van der Waals surface area contributed by atoms with Crippen molar-refractivity contribution in [3.8, 4) is 17.1 Å². The van der Waals surface area contributed by atoms with E-state index in [4.69, 9.17) is 0 Å². The number of rotatable bonds is 3. The number of carbonyl (C=O) groups is 1. The van der Waals surface area contributed by atoms with Gasteiger partial charge in [0.2, 0.25) is 5.88 Å². The molecule has 0 radical (unpaired) electrons. The fraction of sp³-hybridized carbons (Fsp3) is 0.0476. The number of nitrogens with one attached hydrogen (secondary N) is 1. The highest BCUT2D eigenvalue weighted by Crippen LogP contribution is 2.37. The third-order valence-electron chi connectivity index (χ3n) is 4.34. The quantitative estimate of drug-likeness (QED) is 0.391. The number of hydrogen-bond acceptors (Lipinski definition) is 4. The lowest BCUT2D eigenvalue weighted by Gasteiger charge is -2.05. The molecule has 2 aromatic carbocycles. The first kappa shape index (κ1) is 18.1. The molecular formula is C21H15BrN4O2. The number of fused-ring (bicyclic) bond motifs is 1. The van der Waals surface area contributed by atoms with Gasteiger partial charge in [0.15, 0.2) is 5.69 Å². The number of nitrogens with zero attached hydrogens (tertiary/aromatic N) is 3. The maximum Gasteiger partial charge on any atom is 0.297 e. The zero-order valence-corrected chi connectivity index (χ0v) is 16.4. The average Bonchev–Trinajstić information content (AvgIpc) is 3.01. The fourth-order valence-corrected chi connectivity index (χ4v) is 3.30. The van der Waals surface area contributed by atoms with Gasteiger partial charge in [-0.2, -0.15) is 0 Å². The maximum absolute atomic E-state index is 12.5. The van der Waals surface area contributed by atoms with Crippen LogP contribution >= 0.6 is 15.9 Å². The zero-order chi connectivity index (χ0) is 19.7. The van der Waals surface area contributed by atoms with Gasteiger partial charge in [-0.25, -0.2) is 0 Å². The van der Waals surface area contributed by atoms with Crippen LogP contribution in [0.2, 0.25) is 0 Å². The molecule has 0 spiro atoms. The minimum atomic E-state index is -0.520. The highest BCUT2D eigenvalue weighted by molar-refractivity contribution is 9.10. The number of hydrogen-bond donors (Lipinski definition) is 2. The van der Waals surface area contributed by atoms with E-state index < -0.39 is 5.91 Å². The fourth-order valence-electron chi connectivity index (χ4n) is 2.94. The van der Waals surface area contributed by atoms with Gasteiger partial charge in [0.05, 0.1) is 22.5 Å². The summed E-state index contributed by atoms with van der Waals surface area (Å²) in [5, 5.41) is 18.5. The van der Waals surface area contributed by atoms with Crippen molar-refractivity contribution >= 4 is 38.4 Å². The molecule has 6 nitrogen and oxygen atoms in total. The summed E-state index contributed by atoms with van der Waals surface area (Å²) in [4.78, 5) is 19.8. The summed E-state index contributed by atoms with van der Waals surface area (Å²) in [6, 6.07) is 18.6. The highest BCUT2D eigenvalue weighted by atomic mass is 79.9. The SMILES string of the molecule is Cc1nc(-c2ccccc2)ccc1C(=O)N=Nc1c(O)[nH]c2ccc(Br)cc12. The molecule has 4 aromatic rings. The van der Waals surface area contributed by atoms with Crippen molar-refractivity contribution in [1.29, 1.82) is 0 Å². The van der Waals surface area contributed by atoms with Crippen LogP contribution in [-0.2, 0) is 0 Å². The minimum absolute atomic E-state index is 0.140. The van der Waals surface area contributed by atoms with Crippen LogP contribution in [0.25, 0.3) is 22.2 Å². The summed E-state index contributed by atoms with van der Waals surface area (Å²) in [7, 11) is 0. The minimum Gasteiger partial charge on any atom is -0.493 e. The number of benzene rings is 2. The van der Waals surface area contributed by atoms with Gasteiger partial charge in [-0.05, 0) is 37.3 Å². The molecule has 138 valence electrons. The number of amides is 1. The van der Waals surface area contributed by atoms with Crippen LogP contribution in [-0.4, -0.2) is 21.0 Å². The molecule has 0 saturated heterocycles. The Labute approximate surface area is 169 Å². The number of H-pyrrole nitrogens is 1. The number of azo groups is 1. The topological polar surface area (TPSA) is 90.7 Å². The van der Waals surface area contributed by atoms with Gasteiger partial charge in [-0.1, -0.05) is 46.3 Å². The third-order valence-corrected chi connectivity index (χ3v) is 4.83. The van der Waals surface area contributed by atoms with Crippen molar-refractivity contribution in [3.63, 3.8) is 0 Å². The smallest absolute Gasteiger partial charge is 0.297 e. The van der Waals surface area contributed by atoms with E-state index in [1.807, 2.05) is 36.4 Å². The zero-order valence-electron chi connectivity index (χ0n) is 14.8. The lowest BCUT2D eigenvalue weighted by molar-refractivity contribution is 0.0994. The van der Waals surface area contributed by atoms with E-state index in [9.17, 15) is 9.90 Å². The van der Waals surface area contributed by atoms with Crippen LogP contribution in [0, 0.1) is 6.92 Å². The molecule has 0 fully saturated rings. The summed E-state index contributed by atoms with van der Waals surface area (Å²) in [6.07, 6.45) is 0. The maximum atomic E-state index is 12.5. The summed E-state index contributed by atoms with van der Waals surface area (Å²) in [6.45, 7) is 1.76. The first-order valence-corrected chi connectivity index (χ1v) is 9.31.